The molecule has 0 saturated carbocycles. The quantitative estimate of drug-likeness (QED) is 0.629. The Bertz CT molecular complexity index is 648. The van der Waals surface area contributed by atoms with Gasteiger partial charge in [0.15, 0.2) is 0 Å². The standard InChI is InChI=1S/C12H11F2N3O3S/c13-12(14)21-9-3-1-2-7(11(15)18)8(9)6-20-10-4-5-17(19)16-10/h1-5,12,19H,6H2,(H2,15,18). The minimum atomic E-state index is -2.64. The molecule has 2 rings (SSSR count). The number of hydrogen-bond acceptors (Lipinski definition) is 5. The fraction of sp³-hybridized carbons (Fsp3) is 0.167. The summed E-state index contributed by atoms with van der Waals surface area (Å²) in [5.41, 5.74) is 5.59. The van der Waals surface area contributed by atoms with E-state index in [1.54, 1.807) is 0 Å². The van der Waals surface area contributed by atoms with Gasteiger partial charge < -0.3 is 15.7 Å². The molecule has 21 heavy (non-hydrogen) atoms. The van der Waals surface area contributed by atoms with Crippen molar-refractivity contribution in [3.63, 3.8) is 0 Å². The van der Waals surface area contributed by atoms with Crippen LogP contribution in [0.1, 0.15) is 15.9 Å². The van der Waals surface area contributed by atoms with Gasteiger partial charge in [-0.15, -0.1) is 4.85 Å². The molecule has 112 valence electrons. The first-order chi connectivity index (χ1) is 9.97. The molecule has 1 aromatic carbocycles. The zero-order chi connectivity index (χ0) is 15.4. The van der Waals surface area contributed by atoms with Gasteiger partial charge in [-0.1, -0.05) is 22.9 Å². The van der Waals surface area contributed by atoms with E-state index in [0.29, 0.717) is 16.6 Å². The van der Waals surface area contributed by atoms with Crippen LogP contribution in [0.3, 0.4) is 0 Å². The SMILES string of the molecule is NC(=O)c1cccc(SC(F)F)c1COc1ccn(O)n1. The molecule has 0 unspecified atom stereocenters. The van der Waals surface area contributed by atoms with E-state index in [2.05, 4.69) is 5.10 Å². The van der Waals surface area contributed by atoms with Crippen LogP contribution in [-0.4, -0.2) is 26.8 Å². The number of rotatable bonds is 6. The van der Waals surface area contributed by atoms with Gasteiger partial charge in [-0.25, -0.2) is 0 Å². The zero-order valence-corrected chi connectivity index (χ0v) is 11.4. The van der Waals surface area contributed by atoms with Gasteiger partial charge in [0.2, 0.25) is 11.8 Å². The second-order valence-corrected chi connectivity index (χ2v) is 4.92. The molecule has 1 amide bonds. The first kappa shape index (κ1) is 15.1. The molecule has 0 fully saturated rings. The van der Waals surface area contributed by atoms with Crippen LogP contribution in [0.5, 0.6) is 5.88 Å². The molecule has 3 N–H and O–H groups in total. The van der Waals surface area contributed by atoms with Crippen LogP contribution < -0.4 is 10.5 Å². The molecule has 0 radical (unpaired) electrons. The summed E-state index contributed by atoms with van der Waals surface area (Å²) in [4.78, 5) is 12.1. The maximum Gasteiger partial charge on any atom is 0.288 e. The summed E-state index contributed by atoms with van der Waals surface area (Å²) in [6.07, 6.45) is 1.24. The lowest BCUT2D eigenvalue weighted by molar-refractivity contribution is 0.0996. The van der Waals surface area contributed by atoms with Crippen molar-refractivity contribution in [1.29, 1.82) is 0 Å². The van der Waals surface area contributed by atoms with Crippen LogP contribution in [-0.2, 0) is 6.61 Å². The highest BCUT2D eigenvalue weighted by Crippen LogP contribution is 2.31. The Morgan fingerprint density at radius 3 is 2.81 bits per heavy atom. The highest BCUT2D eigenvalue weighted by Gasteiger charge is 2.17. The third kappa shape index (κ3) is 3.85. The van der Waals surface area contributed by atoms with E-state index in [1.807, 2.05) is 0 Å². The maximum absolute atomic E-state index is 12.6. The smallest absolute Gasteiger partial charge is 0.288 e. The van der Waals surface area contributed by atoms with Crippen LogP contribution in [0.4, 0.5) is 8.78 Å². The van der Waals surface area contributed by atoms with E-state index < -0.39 is 11.7 Å². The fourth-order valence-corrected chi connectivity index (χ4v) is 2.33. The molecule has 0 atom stereocenters. The number of thioether (sulfide) groups is 1. The second-order valence-electron chi connectivity index (χ2n) is 3.89. The lowest BCUT2D eigenvalue weighted by Gasteiger charge is -2.12. The normalized spacial score (nSPS) is 10.8. The minimum Gasteiger partial charge on any atom is -0.472 e. The summed E-state index contributed by atoms with van der Waals surface area (Å²) in [6.45, 7) is -0.175. The molecule has 0 saturated heterocycles. The van der Waals surface area contributed by atoms with E-state index in [4.69, 9.17) is 15.7 Å². The summed E-state index contributed by atoms with van der Waals surface area (Å²) < 4.78 is 30.4. The molecule has 1 aromatic heterocycles. The first-order valence-electron chi connectivity index (χ1n) is 5.71. The molecular formula is C12H11F2N3O3S. The van der Waals surface area contributed by atoms with Crippen molar-refractivity contribution in [3.05, 3.63) is 41.6 Å². The molecular weight excluding hydrogens is 304 g/mol. The number of halogens is 2. The largest absolute Gasteiger partial charge is 0.472 e. The average molecular weight is 315 g/mol. The molecule has 0 spiro atoms. The van der Waals surface area contributed by atoms with Gasteiger partial charge in [-0.05, 0) is 12.1 Å². The Hall–Kier alpha value is -2.29. The van der Waals surface area contributed by atoms with Crippen molar-refractivity contribution in [2.45, 2.75) is 17.3 Å². The average Bonchev–Trinajstić information content (AvgIpc) is 2.82. The van der Waals surface area contributed by atoms with Crippen molar-refractivity contribution in [1.82, 2.24) is 9.94 Å². The summed E-state index contributed by atoms with van der Waals surface area (Å²) in [5.74, 6) is -3.29. The van der Waals surface area contributed by atoms with Crippen molar-refractivity contribution in [2.24, 2.45) is 5.73 Å². The van der Waals surface area contributed by atoms with Gasteiger partial charge in [-0.2, -0.15) is 8.78 Å². The van der Waals surface area contributed by atoms with E-state index in [0.717, 1.165) is 0 Å². The van der Waals surface area contributed by atoms with Crippen LogP contribution >= 0.6 is 11.8 Å². The topological polar surface area (TPSA) is 90.4 Å². The van der Waals surface area contributed by atoms with Gasteiger partial charge in [0.1, 0.15) is 6.61 Å². The number of aromatic nitrogens is 2. The Morgan fingerprint density at radius 2 is 2.24 bits per heavy atom. The number of benzene rings is 1. The number of ether oxygens (including phenoxy) is 1. The summed E-state index contributed by atoms with van der Waals surface area (Å²) in [7, 11) is 0. The number of carbonyl (C=O) groups excluding carboxylic acids is 1. The summed E-state index contributed by atoms with van der Waals surface area (Å²) >= 11 is 0.301. The van der Waals surface area contributed by atoms with Gasteiger partial charge in [0.25, 0.3) is 5.76 Å². The number of nitrogens with two attached hydrogens (primary N) is 1. The molecule has 2 aromatic rings. The lowest BCUT2D eigenvalue weighted by atomic mass is 10.1. The maximum atomic E-state index is 12.6. The first-order valence-corrected chi connectivity index (χ1v) is 6.59. The Morgan fingerprint density at radius 1 is 1.48 bits per heavy atom. The highest BCUT2D eigenvalue weighted by atomic mass is 32.2. The third-order valence-corrected chi connectivity index (χ3v) is 3.34. The Labute approximate surface area is 122 Å². The van der Waals surface area contributed by atoms with Crippen molar-refractivity contribution in [2.75, 3.05) is 0 Å². The van der Waals surface area contributed by atoms with Crippen LogP contribution in [0.15, 0.2) is 35.4 Å². The minimum absolute atomic E-state index is 0.0878. The number of alkyl halides is 2. The lowest BCUT2D eigenvalue weighted by Crippen LogP contribution is -2.15. The summed E-state index contributed by atoms with van der Waals surface area (Å²) in [6, 6.07) is 5.73. The van der Waals surface area contributed by atoms with Crippen molar-refractivity contribution in [3.8, 4) is 5.88 Å². The Balaban J connectivity index is 2.27. The van der Waals surface area contributed by atoms with Gasteiger partial charge in [0.05, 0.1) is 6.20 Å². The van der Waals surface area contributed by atoms with Gasteiger partial charge in [-0.3, -0.25) is 4.79 Å². The van der Waals surface area contributed by atoms with Crippen LogP contribution in [0.2, 0.25) is 0 Å². The van der Waals surface area contributed by atoms with Gasteiger partial charge >= 0.3 is 0 Å². The predicted octanol–water partition coefficient (Wildman–Crippen LogP) is 2.11. The number of hydrogen-bond donors (Lipinski definition) is 2. The van der Waals surface area contributed by atoms with E-state index in [1.165, 1.54) is 30.5 Å². The van der Waals surface area contributed by atoms with Gasteiger partial charge in [0, 0.05) is 22.1 Å². The molecule has 0 aliphatic carbocycles. The third-order valence-electron chi connectivity index (χ3n) is 2.53. The van der Waals surface area contributed by atoms with E-state index >= 15 is 0 Å². The van der Waals surface area contributed by atoms with E-state index in [-0.39, 0.29) is 28.5 Å². The number of carbonyl (C=O) groups is 1. The van der Waals surface area contributed by atoms with Crippen LogP contribution in [0, 0.1) is 0 Å². The monoisotopic (exact) mass is 315 g/mol. The van der Waals surface area contributed by atoms with E-state index in [9.17, 15) is 13.6 Å². The molecule has 6 nitrogen and oxygen atoms in total. The van der Waals surface area contributed by atoms with Crippen LogP contribution in [0.25, 0.3) is 0 Å². The number of primary amides is 1. The molecule has 9 heteroatoms. The number of nitrogens with zero attached hydrogens (tertiary/aromatic N) is 2. The highest BCUT2D eigenvalue weighted by molar-refractivity contribution is 7.99. The molecule has 0 aliphatic heterocycles. The number of amides is 1. The molecule has 0 aliphatic rings. The van der Waals surface area contributed by atoms with Crippen molar-refractivity contribution < 1.29 is 23.5 Å². The fourth-order valence-electron chi connectivity index (χ4n) is 1.67. The summed E-state index contributed by atoms with van der Waals surface area (Å²) in [5, 5.41) is 12.6. The zero-order valence-electron chi connectivity index (χ0n) is 10.6. The molecule has 1 heterocycles. The van der Waals surface area contributed by atoms with Crippen molar-refractivity contribution >= 4 is 17.7 Å². The molecule has 0 bridgehead atoms. The second kappa shape index (κ2) is 6.44. The Kier molecular flexibility index (Phi) is 4.63. The predicted molar refractivity (Wildman–Crippen MR) is 70.6 cm³/mol.